The SMILES string of the molecule is C/C(=N\Nc1ccccc1)c1c(C)oc2cc(C#N)c(C#N)cc12. The number of hydrogen-bond donors (Lipinski definition) is 1. The Morgan fingerprint density at radius 1 is 1.08 bits per heavy atom. The number of furan rings is 1. The van der Waals surface area contributed by atoms with E-state index in [0.29, 0.717) is 22.5 Å². The van der Waals surface area contributed by atoms with Crippen LogP contribution in [0.25, 0.3) is 11.0 Å². The lowest BCUT2D eigenvalue weighted by Gasteiger charge is -2.03. The molecule has 0 radical (unpaired) electrons. The summed E-state index contributed by atoms with van der Waals surface area (Å²) in [6.45, 7) is 3.71. The normalized spacial score (nSPS) is 11.1. The van der Waals surface area contributed by atoms with Gasteiger partial charge in [0.2, 0.25) is 0 Å². The van der Waals surface area contributed by atoms with Gasteiger partial charge in [-0.25, -0.2) is 0 Å². The second-order valence-electron chi connectivity index (χ2n) is 5.33. The molecule has 0 saturated heterocycles. The maximum atomic E-state index is 9.22. The summed E-state index contributed by atoms with van der Waals surface area (Å²) in [5.74, 6) is 0.695. The van der Waals surface area contributed by atoms with E-state index in [1.807, 2.05) is 50.2 Å². The van der Waals surface area contributed by atoms with E-state index in [0.717, 1.165) is 22.3 Å². The van der Waals surface area contributed by atoms with Gasteiger partial charge < -0.3 is 4.42 Å². The Morgan fingerprint density at radius 3 is 2.42 bits per heavy atom. The molecular weight excluding hydrogens is 300 g/mol. The van der Waals surface area contributed by atoms with Crippen molar-refractivity contribution >= 4 is 22.4 Å². The zero-order chi connectivity index (χ0) is 17.1. The highest BCUT2D eigenvalue weighted by atomic mass is 16.3. The van der Waals surface area contributed by atoms with Crippen molar-refractivity contribution in [3.8, 4) is 12.1 Å². The van der Waals surface area contributed by atoms with Gasteiger partial charge in [0.05, 0.1) is 22.5 Å². The first-order valence-corrected chi connectivity index (χ1v) is 7.37. The molecule has 2 aromatic carbocycles. The molecule has 0 unspecified atom stereocenters. The number of fused-ring (bicyclic) bond motifs is 1. The number of nitrogens with zero attached hydrogens (tertiary/aromatic N) is 3. The summed E-state index contributed by atoms with van der Waals surface area (Å²) in [5, 5.41) is 23.5. The van der Waals surface area contributed by atoms with Crippen LogP contribution >= 0.6 is 0 Å². The molecule has 0 saturated carbocycles. The minimum absolute atomic E-state index is 0.308. The summed E-state index contributed by atoms with van der Waals surface area (Å²) in [7, 11) is 0. The molecule has 3 rings (SSSR count). The third-order valence-corrected chi connectivity index (χ3v) is 3.73. The van der Waals surface area contributed by atoms with E-state index in [1.54, 1.807) is 12.1 Å². The fraction of sp³-hybridized carbons (Fsp3) is 0.105. The molecule has 1 aromatic heterocycles. The van der Waals surface area contributed by atoms with E-state index in [-0.39, 0.29) is 0 Å². The van der Waals surface area contributed by atoms with E-state index in [4.69, 9.17) is 9.68 Å². The molecule has 1 heterocycles. The molecule has 0 atom stereocenters. The van der Waals surface area contributed by atoms with Crippen LogP contribution in [0.2, 0.25) is 0 Å². The summed E-state index contributed by atoms with van der Waals surface area (Å²) in [6.07, 6.45) is 0. The molecule has 0 amide bonds. The number of anilines is 1. The van der Waals surface area contributed by atoms with Gasteiger partial charge >= 0.3 is 0 Å². The fourth-order valence-corrected chi connectivity index (χ4v) is 2.62. The molecular formula is C19H14N4O. The largest absolute Gasteiger partial charge is 0.461 e. The van der Waals surface area contributed by atoms with Gasteiger partial charge in [0.25, 0.3) is 0 Å². The lowest BCUT2D eigenvalue weighted by Crippen LogP contribution is -2.00. The van der Waals surface area contributed by atoms with E-state index >= 15 is 0 Å². The second kappa shape index (κ2) is 6.28. The zero-order valence-corrected chi connectivity index (χ0v) is 13.3. The molecule has 0 aliphatic carbocycles. The summed E-state index contributed by atoms with van der Waals surface area (Å²) in [4.78, 5) is 0. The summed E-state index contributed by atoms with van der Waals surface area (Å²) < 4.78 is 5.75. The molecule has 1 N–H and O–H groups in total. The van der Waals surface area contributed by atoms with Crippen molar-refractivity contribution in [2.45, 2.75) is 13.8 Å². The number of nitrogens with one attached hydrogen (secondary N) is 1. The molecule has 0 fully saturated rings. The van der Waals surface area contributed by atoms with Crippen LogP contribution in [-0.2, 0) is 0 Å². The Balaban J connectivity index is 2.07. The first-order valence-electron chi connectivity index (χ1n) is 7.37. The van der Waals surface area contributed by atoms with Crippen molar-refractivity contribution in [2.24, 2.45) is 5.10 Å². The topological polar surface area (TPSA) is 85.1 Å². The Morgan fingerprint density at radius 2 is 1.75 bits per heavy atom. The third-order valence-electron chi connectivity index (χ3n) is 3.73. The minimum atomic E-state index is 0.308. The van der Waals surface area contributed by atoms with Crippen molar-refractivity contribution in [3.05, 3.63) is 64.9 Å². The van der Waals surface area contributed by atoms with Gasteiger partial charge in [-0.1, -0.05) is 18.2 Å². The van der Waals surface area contributed by atoms with Gasteiger partial charge in [0, 0.05) is 17.0 Å². The van der Waals surface area contributed by atoms with Crippen LogP contribution in [0.3, 0.4) is 0 Å². The highest BCUT2D eigenvalue weighted by Gasteiger charge is 2.16. The van der Waals surface area contributed by atoms with Crippen LogP contribution in [-0.4, -0.2) is 5.71 Å². The highest BCUT2D eigenvalue weighted by molar-refractivity contribution is 6.10. The molecule has 0 aliphatic rings. The van der Waals surface area contributed by atoms with Crippen molar-refractivity contribution in [1.82, 2.24) is 0 Å². The molecule has 24 heavy (non-hydrogen) atoms. The molecule has 0 bridgehead atoms. The zero-order valence-electron chi connectivity index (χ0n) is 13.3. The van der Waals surface area contributed by atoms with E-state index in [2.05, 4.69) is 16.6 Å². The molecule has 5 nitrogen and oxygen atoms in total. The number of hydrogen-bond acceptors (Lipinski definition) is 5. The van der Waals surface area contributed by atoms with Crippen LogP contribution in [0.4, 0.5) is 5.69 Å². The maximum Gasteiger partial charge on any atom is 0.136 e. The van der Waals surface area contributed by atoms with Gasteiger partial charge in [-0.15, -0.1) is 0 Å². The lowest BCUT2D eigenvalue weighted by molar-refractivity contribution is 0.577. The van der Waals surface area contributed by atoms with Crippen molar-refractivity contribution in [3.63, 3.8) is 0 Å². The smallest absolute Gasteiger partial charge is 0.136 e. The van der Waals surface area contributed by atoms with Crippen molar-refractivity contribution in [1.29, 1.82) is 10.5 Å². The van der Waals surface area contributed by atoms with Gasteiger partial charge in [0.15, 0.2) is 0 Å². The molecule has 3 aromatic rings. The average Bonchev–Trinajstić information content (AvgIpc) is 2.94. The number of rotatable bonds is 3. The molecule has 5 heteroatoms. The highest BCUT2D eigenvalue weighted by Crippen LogP contribution is 2.29. The van der Waals surface area contributed by atoms with Crippen LogP contribution in [0.5, 0.6) is 0 Å². The standard InChI is InChI=1S/C19H14N4O/c1-12(22-23-16-6-4-3-5-7-16)19-13(2)24-18-9-15(11-21)14(10-20)8-17(18)19/h3-9,23H,1-2H3/b22-12+. The van der Waals surface area contributed by atoms with Crippen molar-refractivity contribution in [2.75, 3.05) is 5.43 Å². The Hall–Kier alpha value is -3.57. The van der Waals surface area contributed by atoms with Gasteiger partial charge in [-0.3, -0.25) is 5.43 Å². The Bertz CT molecular complexity index is 1020. The number of nitriles is 2. The van der Waals surface area contributed by atoms with E-state index in [9.17, 15) is 5.26 Å². The average molecular weight is 314 g/mol. The van der Waals surface area contributed by atoms with Crippen molar-refractivity contribution < 1.29 is 4.42 Å². The Kier molecular flexibility index (Phi) is 4.01. The summed E-state index contributed by atoms with van der Waals surface area (Å²) >= 11 is 0. The molecule has 0 aliphatic heterocycles. The second-order valence-corrected chi connectivity index (χ2v) is 5.33. The predicted octanol–water partition coefficient (Wildman–Crippen LogP) is 4.32. The number of benzene rings is 2. The van der Waals surface area contributed by atoms with E-state index < -0.39 is 0 Å². The fourth-order valence-electron chi connectivity index (χ4n) is 2.62. The van der Waals surface area contributed by atoms with Crippen LogP contribution < -0.4 is 5.43 Å². The Labute approximate surface area is 139 Å². The number of para-hydroxylation sites is 1. The van der Waals surface area contributed by atoms with Crippen LogP contribution in [0, 0.1) is 29.6 Å². The number of hydrazone groups is 1. The van der Waals surface area contributed by atoms with Gasteiger partial charge in [-0.05, 0) is 32.0 Å². The van der Waals surface area contributed by atoms with Gasteiger partial charge in [-0.2, -0.15) is 15.6 Å². The van der Waals surface area contributed by atoms with Crippen LogP contribution in [0.1, 0.15) is 29.4 Å². The number of aryl methyl sites for hydroxylation is 1. The summed E-state index contributed by atoms with van der Waals surface area (Å²) in [6, 6.07) is 17.0. The maximum absolute atomic E-state index is 9.22. The quantitative estimate of drug-likeness (QED) is 0.576. The lowest BCUT2D eigenvalue weighted by atomic mass is 10.0. The summed E-state index contributed by atoms with van der Waals surface area (Å²) in [5.41, 5.74) is 6.67. The van der Waals surface area contributed by atoms with E-state index in [1.165, 1.54) is 0 Å². The molecule has 116 valence electrons. The monoisotopic (exact) mass is 314 g/mol. The first-order chi connectivity index (χ1) is 11.6. The third kappa shape index (κ3) is 2.71. The van der Waals surface area contributed by atoms with Crippen LogP contribution in [0.15, 0.2) is 52.0 Å². The predicted molar refractivity (Wildman–Crippen MR) is 92.7 cm³/mol. The molecule has 0 spiro atoms. The first kappa shape index (κ1) is 15.3. The van der Waals surface area contributed by atoms with Gasteiger partial charge in [0.1, 0.15) is 23.5 Å². The minimum Gasteiger partial charge on any atom is -0.461 e.